The Morgan fingerprint density at radius 3 is 2.35 bits per heavy atom. The number of nitro groups is 1. The number of non-ortho nitro benzene ring substituents is 1. The van der Waals surface area contributed by atoms with Crippen molar-refractivity contribution < 1.29 is 9.66 Å². The fraction of sp³-hybridized carbons (Fsp3) is 0.235. The van der Waals surface area contributed by atoms with E-state index in [2.05, 4.69) is 10.5 Å². The Labute approximate surface area is 133 Å². The summed E-state index contributed by atoms with van der Waals surface area (Å²) in [6.07, 6.45) is 2.26. The van der Waals surface area contributed by atoms with Crippen molar-refractivity contribution in [3.05, 3.63) is 64.2 Å². The summed E-state index contributed by atoms with van der Waals surface area (Å²) in [5.74, 6) is 1.28. The van der Waals surface area contributed by atoms with E-state index < -0.39 is 4.92 Å². The lowest BCUT2D eigenvalue weighted by atomic mass is 10.1. The SMILES string of the molecule is COc1ccc(/C(=N\Nc2ccc([N+](=O)[O-])cc2)C2CC2)cc1. The first-order valence-corrected chi connectivity index (χ1v) is 7.40. The van der Waals surface area contributed by atoms with Gasteiger partial charge in [-0.25, -0.2) is 0 Å². The lowest BCUT2D eigenvalue weighted by molar-refractivity contribution is -0.384. The summed E-state index contributed by atoms with van der Waals surface area (Å²) < 4.78 is 5.17. The third-order valence-corrected chi connectivity index (χ3v) is 3.73. The van der Waals surface area contributed by atoms with Gasteiger partial charge in [0.25, 0.3) is 5.69 Å². The first-order chi connectivity index (χ1) is 11.2. The highest BCUT2D eigenvalue weighted by molar-refractivity contribution is 6.04. The third kappa shape index (κ3) is 3.66. The molecule has 1 saturated carbocycles. The van der Waals surface area contributed by atoms with Crippen LogP contribution in [0.4, 0.5) is 11.4 Å². The van der Waals surface area contributed by atoms with Crippen LogP contribution in [-0.4, -0.2) is 17.7 Å². The number of methoxy groups -OCH3 is 1. The molecular weight excluding hydrogens is 294 g/mol. The number of nitrogens with zero attached hydrogens (tertiary/aromatic N) is 2. The van der Waals surface area contributed by atoms with E-state index in [1.807, 2.05) is 24.3 Å². The Morgan fingerprint density at radius 1 is 1.17 bits per heavy atom. The van der Waals surface area contributed by atoms with Gasteiger partial charge in [0, 0.05) is 18.1 Å². The maximum absolute atomic E-state index is 10.7. The van der Waals surface area contributed by atoms with E-state index in [0.717, 1.165) is 35.6 Å². The van der Waals surface area contributed by atoms with Gasteiger partial charge < -0.3 is 4.74 Å². The maximum atomic E-state index is 10.7. The quantitative estimate of drug-likeness (QED) is 0.499. The highest BCUT2D eigenvalue weighted by Gasteiger charge is 2.28. The summed E-state index contributed by atoms with van der Waals surface area (Å²) in [7, 11) is 1.64. The molecule has 0 saturated heterocycles. The molecule has 3 rings (SSSR count). The number of rotatable bonds is 6. The van der Waals surface area contributed by atoms with Gasteiger partial charge in [-0.05, 0) is 54.8 Å². The molecule has 0 amide bonds. The summed E-state index contributed by atoms with van der Waals surface area (Å²) in [5.41, 5.74) is 5.85. The van der Waals surface area contributed by atoms with Gasteiger partial charge in [0.2, 0.25) is 0 Å². The van der Waals surface area contributed by atoms with E-state index >= 15 is 0 Å². The van der Waals surface area contributed by atoms with E-state index in [1.165, 1.54) is 12.1 Å². The first-order valence-electron chi connectivity index (χ1n) is 7.40. The zero-order valence-electron chi connectivity index (χ0n) is 12.7. The molecule has 23 heavy (non-hydrogen) atoms. The average Bonchev–Trinajstić information content (AvgIpc) is 3.41. The van der Waals surface area contributed by atoms with Crippen LogP contribution in [0, 0.1) is 16.0 Å². The lowest BCUT2D eigenvalue weighted by Gasteiger charge is -2.08. The predicted octanol–water partition coefficient (Wildman–Crippen LogP) is 3.83. The minimum atomic E-state index is -0.417. The number of hydrazone groups is 1. The summed E-state index contributed by atoms with van der Waals surface area (Å²) in [6, 6.07) is 14.0. The molecule has 0 spiro atoms. The molecule has 1 N–H and O–H groups in total. The molecule has 0 heterocycles. The zero-order valence-corrected chi connectivity index (χ0v) is 12.7. The number of hydrogen-bond acceptors (Lipinski definition) is 5. The van der Waals surface area contributed by atoms with E-state index in [0.29, 0.717) is 5.92 Å². The van der Waals surface area contributed by atoms with Crippen LogP contribution >= 0.6 is 0 Å². The Kier molecular flexibility index (Phi) is 4.23. The molecule has 0 atom stereocenters. The molecule has 6 nitrogen and oxygen atoms in total. The van der Waals surface area contributed by atoms with Crippen LogP contribution in [0.25, 0.3) is 0 Å². The number of ether oxygens (including phenoxy) is 1. The van der Waals surface area contributed by atoms with E-state index in [1.54, 1.807) is 19.2 Å². The van der Waals surface area contributed by atoms with Crippen molar-refractivity contribution in [3.8, 4) is 5.75 Å². The van der Waals surface area contributed by atoms with E-state index in [9.17, 15) is 10.1 Å². The van der Waals surface area contributed by atoms with E-state index in [-0.39, 0.29) is 5.69 Å². The molecule has 0 radical (unpaired) electrons. The van der Waals surface area contributed by atoms with Crippen LogP contribution in [0.3, 0.4) is 0 Å². The van der Waals surface area contributed by atoms with Gasteiger partial charge in [-0.15, -0.1) is 0 Å². The highest BCUT2D eigenvalue weighted by Crippen LogP contribution is 2.34. The number of anilines is 1. The standard InChI is InChI=1S/C17H17N3O3/c1-23-16-10-4-13(5-11-16)17(12-2-3-12)19-18-14-6-8-15(9-7-14)20(21)22/h4-12,18H,2-3H2,1H3/b19-17-. The monoisotopic (exact) mass is 311 g/mol. The van der Waals surface area contributed by atoms with Crippen molar-refractivity contribution in [1.29, 1.82) is 0 Å². The maximum Gasteiger partial charge on any atom is 0.269 e. The van der Waals surface area contributed by atoms with Crippen molar-refractivity contribution in [3.63, 3.8) is 0 Å². The Bertz CT molecular complexity index is 720. The van der Waals surface area contributed by atoms with Gasteiger partial charge in [0.1, 0.15) is 5.75 Å². The molecule has 2 aromatic rings. The predicted molar refractivity (Wildman–Crippen MR) is 89.0 cm³/mol. The van der Waals surface area contributed by atoms with Crippen LogP contribution in [0.15, 0.2) is 53.6 Å². The van der Waals surface area contributed by atoms with Crippen LogP contribution in [0.1, 0.15) is 18.4 Å². The number of nitro benzene ring substituents is 1. The van der Waals surface area contributed by atoms with Gasteiger partial charge >= 0.3 is 0 Å². The van der Waals surface area contributed by atoms with Crippen molar-refractivity contribution in [2.45, 2.75) is 12.8 Å². The second-order valence-corrected chi connectivity index (χ2v) is 5.42. The fourth-order valence-electron chi connectivity index (χ4n) is 2.29. The van der Waals surface area contributed by atoms with Crippen molar-refractivity contribution in [1.82, 2.24) is 0 Å². The minimum Gasteiger partial charge on any atom is -0.497 e. The van der Waals surface area contributed by atoms with Gasteiger partial charge in [0.05, 0.1) is 23.4 Å². The Morgan fingerprint density at radius 2 is 1.83 bits per heavy atom. The summed E-state index contributed by atoms with van der Waals surface area (Å²) >= 11 is 0. The second kappa shape index (κ2) is 6.48. The normalized spacial score (nSPS) is 14.4. The molecule has 1 aliphatic carbocycles. The third-order valence-electron chi connectivity index (χ3n) is 3.73. The molecule has 0 unspecified atom stereocenters. The summed E-state index contributed by atoms with van der Waals surface area (Å²) in [5, 5.41) is 15.2. The van der Waals surface area contributed by atoms with Crippen molar-refractivity contribution in [2.75, 3.05) is 12.5 Å². The first kappa shape index (κ1) is 15.0. The number of nitrogens with one attached hydrogen (secondary N) is 1. The summed E-state index contributed by atoms with van der Waals surface area (Å²) in [6.45, 7) is 0. The average molecular weight is 311 g/mol. The molecule has 1 aliphatic rings. The van der Waals surface area contributed by atoms with Gasteiger partial charge in [-0.3, -0.25) is 15.5 Å². The second-order valence-electron chi connectivity index (χ2n) is 5.42. The van der Waals surface area contributed by atoms with Crippen LogP contribution in [0.5, 0.6) is 5.75 Å². The van der Waals surface area contributed by atoms with Crippen LogP contribution in [0.2, 0.25) is 0 Å². The Balaban J connectivity index is 1.77. The van der Waals surface area contributed by atoms with Gasteiger partial charge in [-0.2, -0.15) is 5.10 Å². The van der Waals surface area contributed by atoms with Gasteiger partial charge in [0.15, 0.2) is 0 Å². The smallest absolute Gasteiger partial charge is 0.269 e. The summed E-state index contributed by atoms with van der Waals surface area (Å²) in [4.78, 5) is 10.2. The molecule has 0 bridgehead atoms. The van der Waals surface area contributed by atoms with Crippen molar-refractivity contribution >= 4 is 17.1 Å². The minimum absolute atomic E-state index is 0.0668. The van der Waals surface area contributed by atoms with Gasteiger partial charge in [-0.1, -0.05) is 0 Å². The molecule has 0 aliphatic heterocycles. The van der Waals surface area contributed by atoms with Crippen LogP contribution < -0.4 is 10.2 Å². The Hall–Kier alpha value is -2.89. The highest BCUT2D eigenvalue weighted by atomic mass is 16.6. The topological polar surface area (TPSA) is 76.8 Å². The zero-order chi connectivity index (χ0) is 16.2. The van der Waals surface area contributed by atoms with Crippen molar-refractivity contribution in [2.24, 2.45) is 11.0 Å². The van der Waals surface area contributed by atoms with Crippen LogP contribution in [-0.2, 0) is 0 Å². The molecular formula is C17H17N3O3. The molecule has 2 aromatic carbocycles. The molecule has 0 aromatic heterocycles. The lowest BCUT2D eigenvalue weighted by Crippen LogP contribution is -2.07. The molecule has 1 fully saturated rings. The molecule has 6 heteroatoms. The van der Waals surface area contributed by atoms with E-state index in [4.69, 9.17) is 4.74 Å². The fourth-order valence-corrected chi connectivity index (χ4v) is 2.29. The molecule has 118 valence electrons. The number of hydrogen-bond donors (Lipinski definition) is 1. The number of benzene rings is 2. The largest absolute Gasteiger partial charge is 0.497 e.